The fraction of sp³-hybridized carbons (Fsp3) is 0.526. The number of likely N-dealkylation sites (tertiary alicyclic amines) is 1. The number of aryl methyl sites for hydroxylation is 1. The molecule has 0 saturated carbocycles. The third-order valence-electron chi connectivity index (χ3n) is 5.30. The average Bonchev–Trinajstić information content (AvgIpc) is 2.61. The van der Waals surface area contributed by atoms with Gasteiger partial charge in [-0.1, -0.05) is 6.92 Å². The number of aromatic amines is 1. The SMILES string of the molecule is CCN1CCCC(CN(C)S(=O)(=O)c2ccc3[nH]c(=O)cc(C)c3c2)C1. The van der Waals surface area contributed by atoms with Gasteiger partial charge >= 0.3 is 0 Å². The number of pyridine rings is 1. The molecule has 1 atom stereocenters. The summed E-state index contributed by atoms with van der Waals surface area (Å²) in [6, 6.07) is 6.39. The van der Waals surface area contributed by atoms with Gasteiger partial charge in [0.1, 0.15) is 0 Å². The zero-order valence-corrected chi connectivity index (χ0v) is 16.5. The first-order valence-electron chi connectivity index (χ1n) is 9.13. The lowest BCUT2D eigenvalue weighted by Gasteiger charge is -2.33. The molecule has 142 valence electrons. The molecule has 26 heavy (non-hydrogen) atoms. The number of fused-ring (bicyclic) bond motifs is 1. The van der Waals surface area contributed by atoms with Gasteiger partial charge in [0, 0.05) is 37.1 Å². The molecule has 1 aromatic heterocycles. The van der Waals surface area contributed by atoms with Crippen molar-refractivity contribution in [3.8, 4) is 0 Å². The lowest BCUT2D eigenvalue weighted by molar-refractivity contribution is 0.168. The van der Waals surface area contributed by atoms with Crippen molar-refractivity contribution >= 4 is 20.9 Å². The van der Waals surface area contributed by atoms with Crippen LogP contribution in [0.3, 0.4) is 0 Å². The van der Waals surface area contributed by atoms with E-state index >= 15 is 0 Å². The molecule has 0 bridgehead atoms. The summed E-state index contributed by atoms with van der Waals surface area (Å²) in [5.74, 6) is 0.363. The summed E-state index contributed by atoms with van der Waals surface area (Å²) in [7, 11) is -1.90. The van der Waals surface area contributed by atoms with Crippen LogP contribution >= 0.6 is 0 Å². The van der Waals surface area contributed by atoms with Crippen LogP contribution in [0.5, 0.6) is 0 Å². The van der Waals surface area contributed by atoms with E-state index < -0.39 is 10.0 Å². The van der Waals surface area contributed by atoms with Crippen molar-refractivity contribution in [1.82, 2.24) is 14.2 Å². The second-order valence-corrected chi connectivity index (χ2v) is 9.26. The molecule has 1 aliphatic heterocycles. The number of hydrogen-bond acceptors (Lipinski definition) is 4. The number of piperidine rings is 1. The fourth-order valence-corrected chi connectivity index (χ4v) is 5.07. The van der Waals surface area contributed by atoms with E-state index in [9.17, 15) is 13.2 Å². The Morgan fingerprint density at radius 1 is 1.31 bits per heavy atom. The van der Waals surface area contributed by atoms with E-state index in [0.29, 0.717) is 18.0 Å². The quantitative estimate of drug-likeness (QED) is 0.867. The number of hydrogen-bond donors (Lipinski definition) is 1. The van der Waals surface area contributed by atoms with Gasteiger partial charge in [-0.2, -0.15) is 0 Å². The highest BCUT2D eigenvalue weighted by Gasteiger charge is 2.26. The van der Waals surface area contributed by atoms with Crippen molar-refractivity contribution in [3.05, 3.63) is 40.2 Å². The molecule has 1 fully saturated rings. The van der Waals surface area contributed by atoms with Crippen LogP contribution in [0, 0.1) is 12.8 Å². The van der Waals surface area contributed by atoms with Crippen molar-refractivity contribution in [2.24, 2.45) is 5.92 Å². The lowest BCUT2D eigenvalue weighted by Crippen LogP contribution is -2.41. The van der Waals surface area contributed by atoms with Gasteiger partial charge < -0.3 is 9.88 Å². The molecular weight excluding hydrogens is 350 g/mol. The summed E-state index contributed by atoms with van der Waals surface area (Å²) in [6.45, 7) is 7.56. The Kier molecular flexibility index (Phi) is 5.50. The Bertz CT molecular complexity index is 952. The summed E-state index contributed by atoms with van der Waals surface area (Å²) < 4.78 is 27.5. The van der Waals surface area contributed by atoms with Crippen LogP contribution in [0.15, 0.2) is 34.0 Å². The van der Waals surface area contributed by atoms with E-state index in [-0.39, 0.29) is 10.5 Å². The third-order valence-corrected chi connectivity index (χ3v) is 7.11. The van der Waals surface area contributed by atoms with Crippen LogP contribution in [0.25, 0.3) is 10.9 Å². The highest BCUT2D eigenvalue weighted by atomic mass is 32.2. The summed E-state index contributed by atoms with van der Waals surface area (Å²) in [4.78, 5) is 17.0. The molecule has 0 amide bonds. The van der Waals surface area contributed by atoms with E-state index in [1.807, 2.05) is 6.92 Å². The standard InChI is InChI=1S/C19H27N3O3S/c1-4-22-9-5-6-15(13-22)12-21(3)26(24,25)16-7-8-18-17(11-16)14(2)10-19(23)20-18/h7-8,10-11,15H,4-6,9,12-13H2,1-3H3,(H,20,23). The maximum atomic E-state index is 13.0. The van der Waals surface area contributed by atoms with Crippen LogP contribution in [0.4, 0.5) is 0 Å². The molecular formula is C19H27N3O3S. The average molecular weight is 378 g/mol. The topological polar surface area (TPSA) is 73.5 Å². The molecule has 0 aliphatic carbocycles. The zero-order valence-electron chi connectivity index (χ0n) is 15.7. The number of sulfonamides is 1. The van der Waals surface area contributed by atoms with Crippen LogP contribution < -0.4 is 5.56 Å². The van der Waals surface area contributed by atoms with Gasteiger partial charge in [-0.25, -0.2) is 12.7 Å². The molecule has 2 aromatic rings. The molecule has 1 aromatic carbocycles. The summed E-state index contributed by atoms with van der Waals surface area (Å²) in [6.07, 6.45) is 2.18. The van der Waals surface area contributed by atoms with Crippen LogP contribution in [0.1, 0.15) is 25.3 Å². The van der Waals surface area contributed by atoms with Crippen LogP contribution in [-0.4, -0.2) is 55.8 Å². The molecule has 6 nitrogen and oxygen atoms in total. The lowest BCUT2D eigenvalue weighted by atomic mass is 9.98. The number of nitrogens with zero attached hydrogens (tertiary/aromatic N) is 2. The predicted octanol–water partition coefficient (Wildman–Crippen LogP) is 2.19. The molecule has 1 aliphatic rings. The van der Waals surface area contributed by atoms with Crippen LogP contribution in [0.2, 0.25) is 0 Å². The first kappa shape index (κ1) is 19.1. The summed E-state index contributed by atoms with van der Waals surface area (Å²) >= 11 is 0. The monoisotopic (exact) mass is 377 g/mol. The Morgan fingerprint density at radius 2 is 2.08 bits per heavy atom. The molecule has 1 saturated heterocycles. The molecule has 0 spiro atoms. The Balaban J connectivity index is 1.85. The van der Waals surface area contributed by atoms with Gasteiger partial charge in [0.25, 0.3) is 0 Å². The minimum Gasteiger partial charge on any atom is -0.322 e. The Morgan fingerprint density at radius 3 is 2.81 bits per heavy atom. The van der Waals surface area contributed by atoms with E-state index in [2.05, 4.69) is 16.8 Å². The van der Waals surface area contributed by atoms with Gasteiger partial charge in [0.2, 0.25) is 15.6 Å². The minimum atomic E-state index is -3.56. The highest BCUT2D eigenvalue weighted by Crippen LogP contribution is 2.24. The molecule has 3 rings (SSSR count). The number of benzene rings is 1. The number of rotatable bonds is 5. The van der Waals surface area contributed by atoms with E-state index in [1.54, 1.807) is 25.2 Å². The van der Waals surface area contributed by atoms with E-state index in [0.717, 1.165) is 43.4 Å². The van der Waals surface area contributed by atoms with Gasteiger partial charge in [-0.3, -0.25) is 4.79 Å². The first-order valence-corrected chi connectivity index (χ1v) is 10.6. The van der Waals surface area contributed by atoms with Crippen LogP contribution in [-0.2, 0) is 10.0 Å². The molecule has 2 heterocycles. The van der Waals surface area contributed by atoms with E-state index in [1.165, 1.54) is 10.4 Å². The Labute approximate surface area is 154 Å². The largest absolute Gasteiger partial charge is 0.322 e. The number of nitrogens with one attached hydrogen (secondary N) is 1. The summed E-state index contributed by atoms with van der Waals surface area (Å²) in [5.41, 5.74) is 1.25. The van der Waals surface area contributed by atoms with Gasteiger partial charge in [-0.15, -0.1) is 0 Å². The smallest absolute Gasteiger partial charge is 0.248 e. The maximum absolute atomic E-state index is 13.0. The van der Waals surface area contributed by atoms with Crippen molar-refractivity contribution < 1.29 is 8.42 Å². The highest BCUT2D eigenvalue weighted by molar-refractivity contribution is 7.89. The van der Waals surface area contributed by atoms with E-state index in [4.69, 9.17) is 0 Å². The third kappa shape index (κ3) is 3.84. The number of aromatic nitrogens is 1. The molecule has 0 radical (unpaired) electrons. The molecule has 1 N–H and O–H groups in total. The second kappa shape index (κ2) is 7.50. The van der Waals surface area contributed by atoms with Crippen molar-refractivity contribution in [2.75, 3.05) is 33.2 Å². The van der Waals surface area contributed by atoms with Gasteiger partial charge in [0.05, 0.1) is 4.90 Å². The normalized spacial score (nSPS) is 19.3. The number of H-pyrrole nitrogens is 1. The van der Waals surface area contributed by atoms with Crippen molar-refractivity contribution in [3.63, 3.8) is 0 Å². The maximum Gasteiger partial charge on any atom is 0.248 e. The second-order valence-electron chi connectivity index (χ2n) is 7.21. The minimum absolute atomic E-state index is 0.180. The fourth-order valence-electron chi connectivity index (χ4n) is 3.79. The predicted molar refractivity (Wildman–Crippen MR) is 104 cm³/mol. The zero-order chi connectivity index (χ0) is 18.9. The van der Waals surface area contributed by atoms with Crippen molar-refractivity contribution in [2.45, 2.75) is 31.6 Å². The summed E-state index contributed by atoms with van der Waals surface area (Å²) in [5, 5.41) is 0.758. The van der Waals surface area contributed by atoms with Gasteiger partial charge in [-0.05, 0) is 62.5 Å². The Hall–Kier alpha value is -1.70. The van der Waals surface area contributed by atoms with Crippen molar-refractivity contribution in [1.29, 1.82) is 0 Å². The first-order chi connectivity index (χ1) is 12.3. The molecule has 7 heteroatoms. The van der Waals surface area contributed by atoms with Gasteiger partial charge in [0.15, 0.2) is 0 Å². The molecule has 1 unspecified atom stereocenters.